The minimum atomic E-state index is -0.489. The summed E-state index contributed by atoms with van der Waals surface area (Å²) in [5.74, 6) is -0.168. The molecule has 156 valence electrons. The summed E-state index contributed by atoms with van der Waals surface area (Å²) in [6.45, 7) is 5.88. The summed E-state index contributed by atoms with van der Waals surface area (Å²) < 4.78 is 10.6. The number of carbonyl (C=O) groups excluding carboxylic acids is 2. The Balaban J connectivity index is 1.78. The second-order valence-electron chi connectivity index (χ2n) is 7.00. The highest BCUT2D eigenvalue weighted by Crippen LogP contribution is 2.36. The highest BCUT2D eigenvalue weighted by atomic mass is 32.1. The van der Waals surface area contributed by atoms with Crippen LogP contribution in [-0.4, -0.2) is 25.6 Å². The number of hydrogen-bond acceptors (Lipinski definition) is 5. The average molecular weight is 424 g/mol. The van der Waals surface area contributed by atoms with Crippen molar-refractivity contribution in [2.24, 2.45) is 0 Å². The van der Waals surface area contributed by atoms with Crippen LogP contribution in [0.2, 0.25) is 0 Å². The van der Waals surface area contributed by atoms with Gasteiger partial charge in [0, 0.05) is 10.9 Å². The van der Waals surface area contributed by atoms with E-state index in [4.69, 9.17) is 9.47 Å². The molecule has 6 heteroatoms. The fourth-order valence-corrected chi connectivity index (χ4v) is 4.13. The van der Waals surface area contributed by atoms with E-state index in [9.17, 15) is 9.59 Å². The van der Waals surface area contributed by atoms with Crippen LogP contribution in [-0.2, 0) is 16.0 Å². The van der Waals surface area contributed by atoms with Crippen LogP contribution in [0.25, 0.3) is 11.1 Å². The van der Waals surface area contributed by atoms with Crippen LogP contribution in [0, 0.1) is 13.8 Å². The highest BCUT2D eigenvalue weighted by Gasteiger charge is 2.22. The number of methoxy groups -OCH3 is 1. The number of benzene rings is 2. The molecule has 0 aliphatic rings. The smallest absolute Gasteiger partial charge is 0.341 e. The van der Waals surface area contributed by atoms with Gasteiger partial charge in [-0.15, -0.1) is 11.3 Å². The van der Waals surface area contributed by atoms with E-state index < -0.39 is 5.97 Å². The summed E-state index contributed by atoms with van der Waals surface area (Å²) in [5.41, 5.74) is 5.30. The fourth-order valence-electron chi connectivity index (χ4n) is 3.15. The number of anilines is 1. The van der Waals surface area contributed by atoms with Crippen LogP contribution in [0.4, 0.5) is 5.00 Å². The van der Waals surface area contributed by atoms with Gasteiger partial charge in [-0.2, -0.15) is 0 Å². The molecule has 1 amide bonds. The van der Waals surface area contributed by atoms with Crippen LogP contribution < -0.4 is 10.1 Å². The normalized spacial score (nSPS) is 10.5. The lowest BCUT2D eigenvalue weighted by Crippen LogP contribution is -2.21. The maximum atomic E-state index is 12.5. The Morgan fingerprint density at radius 3 is 2.43 bits per heavy atom. The zero-order valence-corrected chi connectivity index (χ0v) is 18.4. The third kappa shape index (κ3) is 4.89. The largest absolute Gasteiger partial charge is 0.483 e. The number of ether oxygens (including phenoxy) is 2. The predicted molar refractivity (Wildman–Crippen MR) is 121 cm³/mol. The van der Waals surface area contributed by atoms with Gasteiger partial charge in [-0.25, -0.2) is 4.79 Å². The molecule has 0 saturated heterocycles. The Bertz CT molecular complexity index is 1050. The lowest BCUT2D eigenvalue weighted by molar-refractivity contribution is -0.118. The van der Waals surface area contributed by atoms with Gasteiger partial charge in [0.15, 0.2) is 6.61 Å². The van der Waals surface area contributed by atoms with Crippen molar-refractivity contribution in [3.63, 3.8) is 0 Å². The first kappa shape index (κ1) is 21.6. The van der Waals surface area contributed by atoms with Crippen LogP contribution in [0.1, 0.15) is 34.0 Å². The first-order valence-corrected chi connectivity index (χ1v) is 10.6. The summed E-state index contributed by atoms with van der Waals surface area (Å²) in [6, 6.07) is 13.8. The van der Waals surface area contributed by atoms with E-state index in [1.54, 1.807) is 0 Å². The van der Waals surface area contributed by atoms with E-state index in [-0.39, 0.29) is 12.5 Å². The number of aryl methyl sites for hydroxylation is 3. The predicted octanol–water partition coefficient (Wildman–Crippen LogP) is 5.40. The lowest BCUT2D eigenvalue weighted by Gasteiger charge is -2.11. The minimum Gasteiger partial charge on any atom is -0.483 e. The van der Waals surface area contributed by atoms with Gasteiger partial charge in [0.05, 0.1) is 7.11 Å². The van der Waals surface area contributed by atoms with E-state index in [1.807, 2.05) is 61.7 Å². The zero-order chi connectivity index (χ0) is 21.7. The molecule has 1 heterocycles. The number of nitrogens with one attached hydrogen (secondary N) is 1. The van der Waals surface area contributed by atoms with Crippen LogP contribution in [0.5, 0.6) is 5.75 Å². The molecule has 0 spiro atoms. The van der Waals surface area contributed by atoms with Gasteiger partial charge < -0.3 is 14.8 Å². The van der Waals surface area contributed by atoms with Gasteiger partial charge >= 0.3 is 5.97 Å². The molecule has 1 aromatic heterocycles. The molecule has 3 rings (SSSR count). The third-order valence-electron chi connectivity index (χ3n) is 4.80. The minimum absolute atomic E-state index is 0.150. The summed E-state index contributed by atoms with van der Waals surface area (Å²) in [7, 11) is 1.33. The molecular weight excluding hydrogens is 398 g/mol. The quantitative estimate of drug-likeness (QED) is 0.517. The molecule has 2 aromatic carbocycles. The van der Waals surface area contributed by atoms with E-state index >= 15 is 0 Å². The maximum Gasteiger partial charge on any atom is 0.341 e. The molecule has 0 saturated carbocycles. The number of carbonyl (C=O) groups is 2. The van der Waals surface area contributed by atoms with Crippen LogP contribution in [0.15, 0.2) is 47.8 Å². The number of hydrogen-bond donors (Lipinski definition) is 1. The highest BCUT2D eigenvalue weighted by molar-refractivity contribution is 7.15. The van der Waals surface area contributed by atoms with E-state index in [0.717, 1.165) is 28.7 Å². The average Bonchev–Trinajstić information content (AvgIpc) is 3.16. The van der Waals surface area contributed by atoms with Gasteiger partial charge in [0.1, 0.15) is 16.3 Å². The molecule has 0 atom stereocenters. The summed E-state index contributed by atoms with van der Waals surface area (Å²) in [4.78, 5) is 24.9. The van der Waals surface area contributed by atoms with Crippen molar-refractivity contribution in [2.45, 2.75) is 27.2 Å². The topological polar surface area (TPSA) is 64.6 Å². The second-order valence-corrected chi connectivity index (χ2v) is 7.88. The molecule has 30 heavy (non-hydrogen) atoms. The Labute approximate surface area is 180 Å². The third-order valence-corrected chi connectivity index (χ3v) is 5.69. The summed E-state index contributed by atoms with van der Waals surface area (Å²) >= 11 is 1.29. The van der Waals surface area contributed by atoms with Crippen molar-refractivity contribution in [3.05, 3.63) is 70.1 Å². The molecule has 1 N–H and O–H groups in total. The van der Waals surface area contributed by atoms with Gasteiger partial charge in [-0.05, 0) is 43.0 Å². The monoisotopic (exact) mass is 423 g/mol. The standard InChI is InChI=1S/C24H25NO4S/c1-5-17-7-9-18(10-8-17)19-14-30-23(22(19)24(27)28-4)25-21(26)13-29-20-11-6-15(2)12-16(20)3/h6-12,14H,5,13H2,1-4H3,(H,25,26). The van der Waals surface area contributed by atoms with Gasteiger partial charge in [-0.1, -0.05) is 48.9 Å². The molecule has 3 aromatic rings. The van der Waals surface area contributed by atoms with Gasteiger partial charge in [0.2, 0.25) is 0 Å². The number of esters is 1. The number of rotatable bonds is 7. The molecule has 0 bridgehead atoms. The van der Waals surface area contributed by atoms with E-state index in [0.29, 0.717) is 16.3 Å². The van der Waals surface area contributed by atoms with Gasteiger partial charge in [0.25, 0.3) is 5.91 Å². The van der Waals surface area contributed by atoms with Crippen molar-refractivity contribution in [1.82, 2.24) is 0 Å². The van der Waals surface area contributed by atoms with Crippen molar-refractivity contribution in [2.75, 3.05) is 19.0 Å². The zero-order valence-electron chi connectivity index (χ0n) is 17.6. The van der Waals surface area contributed by atoms with Gasteiger partial charge in [-0.3, -0.25) is 4.79 Å². The second kappa shape index (κ2) is 9.59. The SMILES string of the molecule is CCc1ccc(-c2csc(NC(=O)COc3ccc(C)cc3C)c2C(=O)OC)cc1. The van der Waals surface area contributed by atoms with Crippen LogP contribution in [0.3, 0.4) is 0 Å². The lowest BCUT2D eigenvalue weighted by atomic mass is 10.0. The van der Waals surface area contributed by atoms with Crippen LogP contribution >= 0.6 is 11.3 Å². The Hall–Kier alpha value is -3.12. The van der Waals surface area contributed by atoms with Crippen molar-refractivity contribution < 1.29 is 19.1 Å². The number of amides is 1. The molecular formula is C24H25NO4S. The summed E-state index contributed by atoms with van der Waals surface area (Å²) in [5, 5.41) is 5.10. The molecule has 5 nitrogen and oxygen atoms in total. The Morgan fingerprint density at radius 2 is 1.80 bits per heavy atom. The first-order valence-electron chi connectivity index (χ1n) is 9.72. The molecule has 0 radical (unpaired) electrons. The molecule has 0 unspecified atom stereocenters. The molecule has 0 aliphatic heterocycles. The number of thiophene rings is 1. The van der Waals surface area contributed by atoms with E-state index in [2.05, 4.69) is 12.2 Å². The van der Waals surface area contributed by atoms with Crippen molar-refractivity contribution in [1.29, 1.82) is 0 Å². The summed E-state index contributed by atoms with van der Waals surface area (Å²) in [6.07, 6.45) is 0.940. The van der Waals surface area contributed by atoms with Crippen molar-refractivity contribution in [3.8, 4) is 16.9 Å². The first-order chi connectivity index (χ1) is 14.4. The fraction of sp³-hybridized carbons (Fsp3) is 0.250. The molecule has 0 fully saturated rings. The Kier molecular flexibility index (Phi) is 6.90. The van der Waals surface area contributed by atoms with Crippen molar-refractivity contribution >= 4 is 28.2 Å². The Morgan fingerprint density at radius 1 is 1.07 bits per heavy atom. The van der Waals surface area contributed by atoms with E-state index in [1.165, 1.54) is 24.0 Å². The maximum absolute atomic E-state index is 12.5. The molecule has 0 aliphatic carbocycles.